The highest BCUT2D eigenvalue weighted by Gasteiger charge is 2.07. The summed E-state index contributed by atoms with van der Waals surface area (Å²) in [4.78, 5) is 11.4. The molecule has 1 aromatic heterocycles. The van der Waals surface area contributed by atoms with E-state index in [2.05, 4.69) is 21.2 Å². The fourth-order valence-corrected chi connectivity index (χ4v) is 1.34. The van der Waals surface area contributed by atoms with Gasteiger partial charge in [0.1, 0.15) is 6.26 Å². The van der Waals surface area contributed by atoms with Crippen molar-refractivity contribution in [2.45, 2.75) is 12.8 Å². The van der Waals surface area contributed by atoms with Crippen LogP contribution in [0.5, 0.6) is 0 Å². The number of carbonyl (C=O) groups is 1. The van der Waals surface area contributed by atoms with Crippen LogP contribution in [0.25, 0.3) is 0 Å². The summed E-state index contributed by atoms with van der Waals surface area (Å²) >= 11 is 3.13. The third-order valence-electron chi connectivity index (χ3n) is 1.75. The second-order valence-corrected chi connectivity index (χ2v) is 3.67. The summed E-state index contributed by atoms with van der Waals surface area (Å²) < 4.78 is 5.51. The molecular formula is C9H13BrN2O2. The molecule has 1 heterocycles. The average Bonchev–Trinajstić information content (AvgIpc) is 2.59. The Morgan fingerprint density at radius 3 is 2.93 bits per heavy atom. The maximum absolute atomic E-state index is 11.4. The van der Waals surface area contributed by atoms with Crippen molar-refractivity contribution in [3.63, 3.8) is 0 Å². The van der Waals surface area contributed by atoms with E-state index in [1.807, 2.05) is 0 Å². The van der Waals surface area contributed by atoms with Crippen molar-refractivity contribution in [2.75, 3.05) is 13.1 Å². The summed E-state index contributed by atoms with van der Waals surface area (Å²) in [7, 11) is 0. The van der Waals surface area contributed by atoms with E-state index in [0.717, 1.165) is 12.8 Å². The molecule has 0 aliphatic rings. The molecule has 0 radical (unpaired) electrons. The third-order valence-corrected chi connectivity index (χ3v) is 2.16. The quantitative estimate of drug-likeness (QED) is 0.789. The first kappa shape index (κ1) is 11.3. The van der Waals surface area contributed by atoms with E-state index in [4.69, 9.17) is 10.2 Å². The zero-order valence-corrected chi connectivity index (χ0v) is 9.34. The van der Waals surface area contributed by atoms with Gasteiger partial charge in [0.25, 0.3) is 5.91 Å². The molecule has 5 heteroatoms. The first-order valence-corrected chi connectivity index (χ1v) is 5.25. The summed E-state index contributed by atoms with van der Waals surface area (Å²) in [6.07, 6.45) is 3.25. The van der Waals surface area contributed by atoms with Crippen LogP contribution in [-0.2, 0) is 0 Å². The molecule has 1 amide bonds. The van der Waals surface area contributed by atoms with Crippen molar-refractivity contribution >= 4 is 21.8 Å². The second kappa shape index (κ2) is 5.82. The lowest BCUT2D eigenvalue weighted by molar-refractivity contribution is 0.0952. The van der Waals surface area contributed by atoms with Crippen LogP contribution in [-0.4, -0.2) is 19.0 Å². The average molecular weight is 261 g/mol. The number of halogens is 1. The standard InChI is InChI=1S/C9H13BrN2O2/c10-8-5-7(6-14-8)9(13)12-4-2-1-3-11/h5-6H,1-4,11H2,(H,12,13). The number of amides is 1. The van der Waals surface area contributed by atoms with E-state index in [9.17, 15) is 4.79 Å². The number of hydrogen-bond donors (Lipinski definition) is 2. The Morgan fingerprint density at radius 2 is 2.36 bits per heavy atom. The minimum Gasteiger partial charge on any atom is -0.457 e. The first-order chi connectivity index (χ1) is 6.74. The highest BCUT2D eigenvalue weighted by atomic mass is 79.9. The van der Waals surface area contributed by atoms with Crippen LogP contribution in [0.15, 0.2) is 21.4 Å². The predicted molar refractivity (Wildman–Crippen MR) is 57.0 cm³/mol. The number of unbranched alkanes of at least 4 members (excludes halogenated alkanes) is 1. The number of rotatable bonds is 5. The molecule has 0 aromatic carbocycles. The van der Waals surface area contributed by atoms with Gasteiger partial charge in [-0.25, -0.2) is 0 Å². The Balaban J connectivity index is 2.29. The van der Waals surface area contributed by atoms with Crippen LogP contribution in [0.1, 0.15) is 23.2 Å². The molecule has 1 rings (SSSR count). The topological polar surface area (TPSA) is 68.3 Å². The number of nitrogens with one attached hydrogen (secondary N) is 1. The Hall–Kier alpha value is -0.810. The van der Waals surface area contributed by atoms with Crippen molar-refractivity contribution in [3.05, 3.63) is 22.6 Å². The molecule has 4 nitrogen and oxygen atoms in total. The van der Waals surface area contributed by atoms with Crippen molar-refractivity contribution in [2.24, 2.45) is 5.73 Å². The molecule has 0 atom stereocenters. The van der Waals surface area contributed by atoms with Crippen LogP contribution < -0.4 is 11.1 Å². The third kappa shape index (κ3) is 3.51. The molecule has 0 spiro atoms. The number of nitrogens with two attached hydrogens (primary N) is 1. The maximum Gasteiger partial charge on any atom is 0.254 e. The molecule has 0 saturated carbocycles. The molecule has 0 saturated heterocycles. The van der Waals surface area contributed by atoms with Gasteiger partial charge in [0.05, 0.1) is 5.56 Å². The van der Waals surface area contributed by atoms with Gasteiger partial charge >= 0.3 is 0 Å². The van der Waals surface area contributed by atoms with Gasteiger partial charge < -0.3 is 15.5 Å². The summed E-state index contributed by atoms with van der Waals surface area (Å²) in [6.45, 7) is 1.31. The van der Waals surface area contributed by atoms with E-state index in [1.54, 1.807) is 6.07 Å². The molecule has 1 aromatic rings. The summed E-state index contributed by atoms with van der Waals surface area (Å²) in [5.41, 5.74) is 5.86. The Kier molecular flexibility index (Phi) is 4.69. The molecule has 14 heavy (non-hydrogen) atoms. The van der Waals surface area contributed by atoms with Crippen LogP contribution in [0.2, 0.25) is 0 Å². The van der Waals surface area contributed by atoms with Crippen LogP contribution in [0, 0.1) is 0 Å². The van der Waals surface area contributed by atoms with Gasteiger partial charge in [-0.15, -0.1) is 0 Å². The lowest BCUT2D eigenvalue weighted by atomic mass is 10.3. The largest absolute Gasteiger partial charge is 0.457 e. The Bertz CT molecular complexity index is 299. The van der Waals surface area contributed by atoms with E-state index >= 15 is 0 Å². The van der Waals surface area contributed by atoms with E-state index < -0.39 is 0 Å². The van der Waals surface area contributed by atoms with Crippen molar-refractivity contribution in [1.29, 1.82) is 0 Å². The smallest absolute Gasteiger partial charge is 0.254 e. The molecular weight excluding hydrogens is 248 g/mol. The van der Waals surface area contributed by atoms with Gasteiger partial charge in [-0.1, -0.05) is 0 Å². The van der Waals surface area contributed by atoms with Crippen LogP contribution in [0.3, 0.4) is 0 Å². The monoisotopic (exact) mass is 260 g/mol. The SMILES string of the molecule is NCCCCNC(=O)c1coc(Br)c1. The molecule has 0 unspecified atom stereocenters. The first-order valence-electron chi connectivity index (χ1n) is 4.46. The molecule has 78 valence electrons. The Labute approximate surface area is 91.0 Å². The van der Waals surface area contributed by atoms with Gasteiger partial charge in [0, 0.05) is 12.6 Å². The maximum atomic E-state index is 11.4. The highest BCUT2D eigenvalue weighted by molar-refractivity contribution is 9.10. The molecule has 0 fully saturated rings. The fraction of sp³-hybridized carbons (Fsp3) is 0.444. The van der Waals surface area contributed by atoms with Gasteiger partial charge in [-0.05, 0) is 35.3 Å². The molecule has 0 aliphatic carbocycles. The molecule has 0 bridgehead atoms. The number of furan rings is 1. The van der Waals surface area contributed by atoms with E-state index in [-0.39, 0.29) is 5.91 Å². The van der Waals surface area contributed by atoms with Gasteiger partial charge in [-0.2, -0.15) is 0 Å². The predicted octanol–water partition coefficient (Wildman–Crippen LogP) is 1.51. The Morgan fingerprint density at radius 1 is 1.57 bits per heavy atom. The van der Waals surface area contributed by atoms with Gasteiger partial charge in [-0.3, -0.25) is 4.79 Å². The lowest BCUT2D eigenvalue weighted by Gasteiger charge is -2.01. The minimum atomic E-state index is -0.114. The lowest BCUT2D eigenvalue weighted by Crippen LogP contribution is -2.24. The summed E-state index contributed by atoms with van der Waals surface area (Å²) in [5.74, 6) is -0.114. The van der Waals surface area contributed by atoms with E-state index in [0.29, 0.717) is 23.3 Å². The molecule has 0 aliphatic heterocycles. The number of carbonyl (C=O) groups excluding carboxylic acids is 1. The minimum absolute atomic E-state index is 0.114. The molecule has 3 N–H and O–H groups in total. The highest BCUT2D eigenvalue weighted by Crippen LogP contribution is 2.13. The van der Waals surface area contributed by atoms with Crippen molar-refractivity contribution in [3.8, 4) is 0 Å². The van der Waals surface area contributed by atoms with Gasteiger partial charge in [0.2, 0.25) is 0 Å². The number of hydrogen-bond acceptors (Lipinski definition) is 3. The zero-order valence-electron chi connectivity index (χ0n) is 7.75. The van der Waals surface area contributed by atoms with E-state index in [1.165, 1.54) is 6.26 Å². The normalized spacial score (nSPS) is 10.1. The van der Waals surface area contributed by atoms with Crippen molar-refractivity contribution in [1.82, 2.24) is 5.32 Å². The van der Waals surface area contributed by atoms with Crippen LogP contribution >= 0.6 is 15.9 Å². The second-order valence-electron chi connectivity index (χ2n) is 2.89. The summed E-state index contributed by atoms with van der Waals surface area (Å²) in [6, 6.07) is 1.64. The fourth-order valence-electron chi connectivity index (χ4n) is 1.00. The van der Waals surface area contributed by atoms with Gasteiger partial charge in [0.15, 0.2) is 4.67 Å². The summed E-state index contributed by atoms with van der Waals surface area (Å²) in [5, 5.41) is 2.77. The van der Waals surface area contributed by atoms with Crippen LogP contribution in [0.4, 0.5) is 0 Å². The van der Waals surface area contributed by atoms with Crippen molar-refractivity contribution < 1.29 is 9.21 Å². The zero-order chi connectivity index (χ0) is 10.4.